The number of ether oxygens (including phenoxy) is 1. The van der Waals surface area contributed by atoms with Crippen molar-refractivity contribution in [2.45, 2.75) is 12.5 Å². The second-order valence-electron chi connectivity index (χ2n) is 4.64. The van der Waals surface area contributed by atoms with Crippen molar-refractivity contribution in [2.24, 2.45) is 5.92 Å². The van der Waals surface area contributed by atoms with Gasteiger partial charge in [0.1, 0.15) is 5.92 Å². The highest BCUT2D eigenvalue weighted by Gasteiger charge is 2.34. The molecule has 0 saturated carbocycles. The van der Waals surface area contributed by atoms with E-state index < -0.39 is 17.9 Å². The van der Waals surface area contributed by atoms with Crippen LogP contribution in [0.25, 0.3) is 0 Å². The molecule has 1 aromatic rings. The van der Waals surface area contributed by atoms with Gasteiger partial charge in [0.2, 0.25) is 5.91 Å². The third-order valence-corrected chi connectivity index (χ3v) is 4.00. The molecule has 2 unspecified atom stereocenters. The molecule has 21 heavy (non-hydrogen) atoms. The monoisotopic (exact) mass is 312 g/mol. The summed E-state index contributed by atoms with van der Waals surface area (Å²) < 4.78 is 5.06. The summed E-state index contributed by atoms with van der Waals surface area (Å²) >= 11 is 1.33. The quantitative estimate of drug-likeness (QED) is 0.690. The maximum atomic E-state index is 11.7. The number of aliphatic carboxylic acids is 1. The Morgan fingerprint density at radius 3 is 2.86 bits per heavy atom. The van der Waals surface area contributed by atoms with E-state index in [-0.39, 0.29) is 38.0 Å². The van der Waals surface area contributed by atoms with Crippen LogP contribution in [0.3, 0.4) is 0 Å². The molecule has 3 N–H and O–H groups in total. The van der Waals surface area contributed by atoms with Gasteiger partial charge in [-0.1, -0.05) is 6.07 Å². The fraction of sp³-hybridized carbons (Fsp3) is 0.462. The number of carbonyl (C=O) groups excluding carboxylic acids is 2. The lowest BCUT2D eigenvalue weighted by Gasteiger charge is -2.15. The molecule has 1 aliphatic rings. The van der Waals surface area contributed by atoms with Crippen LogP contribution < -0.4 is 10.6 Å². The van der Waals surface area contributed by atoms with Crippen molar-refractivity contribution >= 4 is 29.1 Å². The summed E-state index contributed by atoms with van der Waals surface area (Å²) in [5.74, 6) is -2.22. The van der Waals surface area contributed by atoms with Gasteiger partial charge in [-0.05, 0) is 11.4 Å². The molecule has 2 heterocycles. The molecule has 8 heteroatoms. The Kier molecular flexibility index (Phi) is 5.29. The van der Waals surface area contributed by atoms with E-state index in [1.807, 2.05) is 0 Å². The molecule has 2 amide bonds. The SMILES string of the molecule is O=C(CCNC(=O)c1cccs1)NC1COCC1C(=O)O. The largest absolute Gasteiger partial charge is 0.481 e. The molecule has 0 aromatic carbocycles. The summed E-state index contributed by atoms with van der Waals surface area (Å²) in [4.78, 5) is 34.9. The van der Waals surface area contributed by atoms with Crippen molar-refractivity contribution in [1.82, 2.24) is 10.6 Å². The number of hydrogen-bond donors (Lipinski definition) is 3. The average Bonchev–Trinajstić information content (AvgIpc) is 3.09. The minimum absolute atomic E-state index is 0.0972. The first-order valence-electron chi connectivity index (χ1n) is 6.49. The van der Waals surface area contributed by atoms with E-state index in [9.17, 15) is 14.4 Å². The molecule has 7 nitrogen and oxygen atoms in total. The zero-order valence-electron chi connectivity index (χ0n) is 11.2. The van der Waals surface area contributed by atoms with Gasteiger partial charge in [0.15, 0.2) is 0 Å². The summed E-state index contributed by atoms with van der Waals surface area (Å²) in [5, 5.41) is 16.0. The number of carbonyl (C=O) groups is 3. The second-order valence-corrected chi connectivity index (χ2v) is 5.59. The molecule has 1 fully saturated rings. The lowest BCUT2D eigenvalue weighted by Crippen LogP contribution is -2.43. The van der Waals surface area contributed by atoms with Gasteiger partial charge in [0.25, 0.3) is 5.91 Å². The number of nitrogens with one attached hydrogen (secondary N) is 2. The first-order valence-corrected chi connectivity index (χ1v) is 7.37. The Morgan fingerprint density at radius 2 is 2.19 bits per heavy atom. The summed E-state index contributed by atoms with van der Waals surface area (Å²) in [6, 6.07) is 2.97. The maximum Gasteiger partial charge on any atom is 0.311 e. The summed E-state index contributed by atoms with van der Waals surface area (Å²) in [6.07, 6.45) is 0.0972. The van der Waals surface area contributed by atoms with Gasteiger partial charge in [-0.2, -0.15) is 0 Å². The van der Waals surface area contributed by atoms with Crippen LogP contribution >= 0.6 is 11.3 Å². The first kappa shape index (κ1) is 15.5. The van der Waals surface area contributed by atoms with Crippen LogP contribution in [0.4, 0.5) is 0 Å². The topological polar surface area (TPSA) is 105 Å². The molecular weight excluding hydrogens is 296 g/mol. The molecule has 114 valence electrons. The van der Waals surface area contributed by atoms with Crippen LogP contribution in [-0.4, -0.2) is 48.7 Å². The van der Waals surface area contributed by atoms with Crippen molar-refractivity contribution in [3.8, 4) is 0 Å². The van der Waals surface area contributed by atoms with Gasteiger partial charge in [0.05, 0.1) is 24.1 Å². The molecule has 2 atom stereocenters. The number of carboxylic acids is 1. The summed E-state index contributed by atoms with van der Waals surface area (Å²) in [6.45, 7) is 0.507. The fourth-order valence-electron chi connectivity index (χ4n) is 2.00. The average molecular weight is 312 g/mol. The molecule has 0 spiro atoms. The molecule has 1 aromatic heterocycles. The smallest absolute Gasteiger partial charge is 0.311 e. The van der Waals surface area contributed by atoms with E-state index in [1.165, 1.54) is 11.3 Å². The Bertz CT molecular complexity index is 517. The van der Waals surface area contributed by atoms with Crippen LogP contribution in [0.5, 0.6) is 0 Å². The zero-order chi connectivity index (χ0) is 15.2. The molecule has 0 aliphatic carbocycles. The number of hydrogen-bond acceptors (Lipinski definition) is 5. The van der Waals surface area contributed by atoms with Gasteiger partial charge in [-0.3, -0.25) is 14.4 Å². The summed E-state index contributed by atoms with van der Waals surface area (Å²) in [5.41, 5.74) is 0. The first-order chi connectivity index (χ1) is 10.1. The van der Waals surface area contributed by atoms with Crippen LogP contribution in [0.1, 0.15) is 16.1 Å². The van der Waals surface area contributed by atoms with E-state index >= 15 is 0 Å². The van der Waals surface area contributed by atoms with Crippen molar-refractivity contribution in [3.05, 3.63) is 22.4 Å². The minimum atomic E-state index is -0.983. The van der Waals surface area contributed by atoms with Crippen LogP contribution in [-0.2, 0) is 14.3 Å². The molecule has 1 aliphatic heterocycles. The van der Waals surface area contributed by atoms with Crippen LogP contribution in [0.2, 0.25) is 0 Å². The van der Waals surface area contributed by atoms with Crippen molar-refractivity contribution < 1.29 is 24.2 Å². The highest BCUT2D eigenvalue weighted by Crippen LogP contribution is 2.13. The predicted octanol–water partition coefficient (Wildman–Crippen LogP) is 0.0838. The van der Waals surface area contributed by atoms with Crippen LogP contribution in [0.15, 0.2) is 17.5 Å². The Morgan fingerprint density at radius 1 is 1.38 bits per heavy atom. The standard InChI is InChI=1S/C13H16N2O5S/c16-11(15-9-7-20-6-8(9)13(18)19)3-4-14-12(17)10-2-1-5-21-10/h1-2,5,8-9H,3-4,6-7H2,(H,14,17)(H,15,16)(H,18,19). The Hall–Kier alpha value is -1.93. The zero-order valence-corrected chi connectivity index (χ0v) is 12.0. The van der Waals surface area contributed by atoms with Crippen molar-refractivity contribution in [1.29, 1.82) is 0 Å². The van der Waals surface area contributed by atoms with E-state index in [2.05, 4.69) is 10.6 Å². The highest BCUT2D eigenvalue weighted by molar-refractivity contribution is 7.12. The molecule has 0 bridgehead atoms. The normalized spacial score (nSPS) is 21.0. The molecule has 2 rings (SSSR count). The van der Waals surface area contributed by atoms with Gasteiger partial charge in [0, 0.05) is 13.0 Å². The highest BCUT2D eigenvalue weighted by atomic mass is 32.1. The molecule has 0 radical (unpaired) electrons. The Labute approximate surface area is 125 Å². The molecule has 1 saturated heterocycles. The van der Waals surface area contributed by atoms with E-state index in [0.29, 0.717) is 4.88 Å². The molecular formula is C13H16N2O5S. The minimum Gasteiger partial charge on any atom is -0.481 e. The van der Waals surface area contributed by atoms with Gasteiger partial charge in [-0.25, -0.2) is 0 Å². The van der Waals surface area contributed by atoms with E-state index in [1.54, 1.807) is 17.5 Å². The second kappa shape index (κ2) is 7.19. The summed E-state index contributed by atoms with van der Waals surface area (Å²) in [7, 11) is 0. The van der Waals surface area contributed by atoms with E-state index in [0.717, 1.165) is 0 Å². The van der Waals surface area contributed by atoms with E-state index in [4.69, 9.17) is 9.84 Å². The van der Waals surface area contributed by atoms with Gasteiger partial charge in [-0.15, -0.1) is 11.3 Å². The maximum absolute atomic E-state index is 11.7. The Balaban J connectivity index is 1.70. The van der Waals surface area contributed by atoms with Crippen molar-refractivity contribution in [3.63, 3.8) is 0 Å². The third kappa shape index (κ3) is 4.27. The lowest BCUT2D eigenvalue weighted by molar-refractivity contribution is -0.142. The number of amides is 2. The number of carboxylic acid groups (broad SMARTS) is 1. The van der Waals surface area contributed by atoms with Crippen LogP contribution in [0, 0.1) is 5.92 Å². The van der Waals surface area contributed by atoms with Crippen molar-refractivity contribution in [2.75, 3.05) is 19.8 Å². The number of rotatable bonds is 6. The lowest BCUT2D eigenvalue weighted by atomic mass is 10.0. The van der Waals surface area contributed by atoms with Gasteiger partial charge >= 0.3 is 5.97 Å². The predicted molar refractivity (Wildman–Crippen MR) is 75.1 cm³/mol. The number of thiophene rings is 1. The third-order valence-electron chi connectivity index (χ3n) is 3.13. The fourth-order valence-corrected chi connectivity index (χ4v) is 2.64. The van der Waals surface area contributed by atoms with Gasteiger partial charge < -0.3 is 20.5 Å².